The highest BCUT2D eigenvalue weighted by molar-refractivity contribution is 7.13. The van der Waals surface area contributed by atoms with Gasteiger partial charge in [-0.05, 0) is 78.3 Å². The van der Waals surface area contributed by atoms with Crippen molar-refractivity contribution in [3.8, 4) is 10.4 Å². The van der Waals surface area contributed by atoms with Gasteiger partial charge in [0.05, 0.1) is 98.9 Å². The Morgan fingerprint density at radius 3 is 2.07 bits per heavy atom. The van der Waals surface area contributed by atoms with Crippen LogP contribution < -0.4 is 32.3 Å². The van der Waals surface area contributed by atoms with Gasteiger partial charge in [-0.25, -0.2) is 4.98 Å². The number of hydrogen-bond donors (Lipinski definition) is 7. The maximum absolute atomic E-state index is 14.0. The van der Waals surface area contributed by atoms with E-state index in [1.165, 1.54) is 4.90 Å². The lowest BCUT2D eigenvalue weighted by atomic mass is 9.85. The number of carbonyl (C=O) groups excluding carboxylic acids is 6. The molecule has 83 heavy (non-hydrogen) atoms. The zero-order valence-corrected chi connectivity index (χ0v) is 49.2. The van der Waals surface area contributed by atoms with Crippen molar-refractivity contribution in [2.75, 3.05) is 64.3 Å². The average Bonchev–Trinajstić information content (AvgIpc) is 2.46. The van der Waals surface area contributed by atoms with Gasteiger partial charge in [0, 0.05) is 39.3 Å². The van der Waals surface area contributed by atoms with Crippen molar-refractivity contribution in [1.29, 1.82) is 0 Å². The Bertz CT molecular complexity index is 2800. The quantitative estimate of drug-likeness (QED) is 0.0383. The Morgan fingerprint density at radius 2 is 1.45 bits per heavy atom. The van der Waals surface area contributed by atoms with E-state index in [1.54, 1.807) is 21.7 Å². The number of carbonyl (C=O) groups is 7. The number of nitrogens with two attached hydrogens (primary N) is 2. The SMILES string of the molecule is CC(=O)O.Cc1ncsc1-c1ccc(CNC(=O)[C@@H]2C[C@@H](O)CN2C(=O)[C@@H](NC(=O)COCCOCCOCCOCCc2ccc(CO[C@H](C)[C@H](CCC(N)=O)NC(=O)[C@@H]3Cc4cccc5c4N3C(=O)[C@@H](N)CC5)cc2)C(C)(C)C)cc1. The zero-order valence-electron chi connectivity index (χ0n) is 48.4. The maximum atomic E-state index is 14.0. The second kappa shape index (κ2) is 31.8. The van der Waals surface area contributed by atoms with Crippen LogP contribution in [0.3, 0.4) is 0 Å². The van der Waals surface area contributed by atoms with Crippen molar-refractivity contribution >= 4 is 58.4 Å². The minimum atomic E-state index is -0.978. The number of amides is 6. The summed E-state index contributed by atoms with van der Waals surface area (Å²) < 4.78 is 28.8. The van der Waals surface area contributed by atoms with Gasteiger partial charge in [-0.1, -0.05) is 87.5 Å². The highest BCUT2D eigenvalue weighted by Gasteiger charge is 2.45. The van der Waals surface area contributed by atoms with Crippen LogP contribution in [0.25, 0.3) is 10.4 Å². The fourth-order valence-electron chi connectivity index (χ4n) is 10.0. The molecule has 1 saturated heterocycles. The van der Waals surface area contributed by atoms with Crippen molar-refractivity contribution in [3.63, 3.8) is 0 Å². The third-order valence-electron chi connectivity index (χ3n) is 14.5. The van der Waals surface area contributed by atoms with E-state index in [2.05, 4.69) is 20.9 Å². The number of benzene rings is 3. The lowest BCUT2D eigenvalue weighted by molar-refractivity contribution is -0.144. The summed E-state index contributed by atoms with van der Waals surface area (Å²) in [7, 11) is 0. The van der Waals surface area contributed by atoms with Gasteiger partial charge in [0.15, 0.2) is 0 Å². The summed E-state index contributed by atoms with van der Waals surface area (Å²) in [5.74, 6) is -3.25. The summed E-state index contributed by atoms with van der Waals surface area (Å²) in [4.78, 5) is 96.8. The van der Waals surface area contributed by atoms with E-state index in [9.17, 15) is 33.9 Å². The van der Waals surface area contributed by atoms with Gasteiger partial charge in [-0.3, -0.25) is 38.5 Å². The minimum absolute atomic E-state index is 0.0271. The number of likely N-dealkylation sites (tertiary alicyclic amines) is 1. The molecule has 452 valence electrons. The van der Waals surface area contributed by atoms with Crippen molar-refractivity contribution in [2.24, 2.45) is 16.9 Å². The largest absolute Gasteiger partial charge is 0.481 e. The molecule has 3 aliphatic heterocycles. The molecule has 7 rings (SSSR count). The number of para-hydroxylation sites is 1. The van der Waals surface area contributed by atoms with E-state index >= 15 is 0 Å². The second-order valence-corrected chi connectivity index (χ2v) is 22.9. The smallest absolute Gasteiger partial charge is 0.300 e. The molecule has 4 aromatic rings. The number of anilines is 1. The summed E-state index contributed by atoms with van der Waals surface area (Å²) in [5.41, 5.74) is 20.5. The van der Waals surface area contributed by atoms with Crippen molar-refractivity contribution in [3.05, 3.63) is 106 Å². The fourth-order valence-corrected chi connectivity index (χ4v) is 10.8. The molecule has 6 amide bonds. The molecule has 23 heteroatoms. The lowest BCUT2D eigenvalue weighted by Gasteiger charge is -2.35. The topological polar surface area (TPSA) is 314 Å². The number of nitrogens with one attached hydrogen (secondary N) is 3. The number of aliphatic hydroxyl groups excluding tert-OH is 1. The molecular weight excluding hydrogens is 1090 g/mol. The highest BCUT2D eigenvalue weighted by atomic mass is 32.1. The number of carboxylic acid groups (broad SMARTS) is 1. The summed E-state index contributed by atoms with van der Waals surface area (Å²) >= 11 is 1.57. The number of aromatic nitrogens is 1. The van der Waals surface area contributed by atoms with E-state index < -0.39 is 71.5 Å². The molecule has 0 radical (unpaired) electrons. The van der Waals surface area contributed by atoms with Crippen LogP contribution in [0.15, 0.2) is 72.2 Å². The first-order chi connectivity index (χ1) is 39.6. The fraction of sp³-hybridized carbons (Fsp3) is 0.533. The number of thiazole rings is 1. The monoisotopic (exact) mass is 1170 g/mol. The number of aliphatic carboxylic acids is 1. The zero-order chi connectivity index (χ0) is 60.2. The van der Waals surface area contributed by atoms with Crippen LogP contribution in [0.4, 0.5) is 5.69 Å². The number of ether oxygens (including phenoxy) is 5. The van der Waals surface area contributed by atoms with E-state index in [4.69, 9.17) is 45.1 Å². The first-order valence-corrected chi connectivity index (χ1v) is 29.0. The first-order valence-electron chi connectivity index (χ1n) is 28.1. The van der Waals surface area contributed by atoms with Gasteiger partial charge in [-0.15, -0.1) is 11.3 Å². The van der Waals surface area contributed by atoms with E-state index in [-0.39, 0.29) is 76.5 Å². The number of rotatable bonds is 29. The van der Waals surface area contributed by atoms with Gasteiger partial charge in [0.1, 0.15) is 24.7 Å². The van der Waals surface area contributed by atoms with Gasteiger partial charge in [0.2, 0.25) is 35.4 Å². The Morgan fingerprint density at radius 1 is 0.831 bits per heavy atom. The number of β-amino-alcohol motifs (C(OH)–C–C–N with tert-alkyl or cyclic N) is 1. The Kier molecular flexibility index (Phi) is 25.1. The predicted octanol–water partition coefficient (Wildman–Crippen LogP) is 3.51. The molecule has 7 atom stereocenters. The van der Waals surface area contributed by atoms with Crippen molar-refractivity contribution in [1.82, 2.24) is 25.8 Å². The molecule has 0 unspecified atom stereocenters. The van der Waals surface area contributed by atoms with Crippen molar-refractivity contribution in [2.45, 2.75) is 142 Å². The molecule has 1 aromatic heterocycles. The van der Waals surface area contributed by atoms with Gasteiger partial charge < -0.3 is 66.2 Å². The first kappa shape index (κ1) is 65.5. The minimum Gasteiger partial charge on any atom is -0.481 e. The van der Waals surface area contributed by atoms with Crippen LogP contribution >= 0.6 is 11.3 Å². The molecule has 9 N–H and O–H groups in total. The number of carboxylic acids is 1. The van der Waals surface area contributed by atoms with E-state index in [0.717, 1.165) is 56.6 Å². The third-order valence-corrected chi connectivity index (χ3v) is 15.5. The number of aliphatic hydroxyl groups is 1. The molecule has 0 aliphatic carbocycles. The van der Waals surface area contributed by atoms with Gasteiger partial charge in [-0.2, -0.15) is 0 Å². The van der Waals surface area contributed by atoms with E-state index in [1.807, 2.05) is 101 Å². The van der Waals surface area contributed by atoms with Gasteiger partial charge in [0.25, 0.3) is 5.97 Å². The van der Waals surface area contributed by atoms with Crippen LogP contribution in [0.2, 0.25) is 0 Å². The molecule has 1 fully saturated rings. The molecule has 0 spiro atoms. The molecule has 4 heterocycles. The lowest BCUT2D eigenvalue weighted by Crippen LogP contribution is -2.58. The predicted molar refractivity (Wildman–Crippen MR) is 311 cm³/mol. The molecule has 0 bridgehead atoms. The van der Waals surface area contributed by atoms with Crippen LogP contribution in [0.5, 0.6) is 0 Å². The number of nitrogens with zero attached hydrogens (tertiary/aromatic N) is 3. The van der Waals surface area contributed by atoms with Crippen LogP contribution in [0, 0.1) is 12.3 Å². The normalized spacial score (nSPS) is 18.5. The highest BCUT2D eigenvalue weighted by Crippen LogP contribution is 2.39. The third kappa shape index (κ3) is 19.7. The maximum Gasteiger partial charge on any atom is 0.300 e. The summed E-state index contributed by atoms with van der Waals surface area (Å²) in [6.07, 6.45) is 1.30. The summed E-state index contributed by atoms with van der Waals surface area (Å²) in [5, 5.41) is 26.8. The Hall–Kier alpha value is -6.70. The molecule has 3 aliphatic rings. The van der Waals surface area contributed by atoms with Crippen LogP contribution in [-0.2, 0) is 89.7 Å². The number of aryl methyl sites for hydroxylation is 2. The average molecular weight is 1170 g/mol. The second-order valence-electron chi connectivity index (χ2n) is 22.1. The Balaban J connectivity index is 0.00000268. The van der Waals surface area contributed by atoms with Gasteiger partial charge >= 0.3 is 0 Å². The summed E-state index contributed by atoms with van der Waals surface area (Å²) in [6.45, 7) is 12.9. The standard InChI is InChI=1S/C58H78N8O12S.C2H4O2/c1-36-52(79-35-62-36)42-15-13-39(14-16-42)31-61-54(70)47-30-44(67)32-65(47)57(73)53(58(3,4)5)64-50(69)34-77-28-27-76-26-25-75-24-23-74-22-21-38-9-11-40(12-10-38)33-78-37(2)46(19-20-49(60)68)63-55(71)48-29-43-8-6-7-41-17-18-45(59)56(72)66(48)51(41)43;1-2(3)4/h6-16,35,37,44-48,53,67H,17-34,59H2,1-5H3,(H2,60,68)(H,61,70)(H,63,71)(H,64,69);1H3,(H,3,4)/t37-,44-,45+,46+,47+,48+,53-;/m1./s1. The number of hydrogen-bond acceptors (Lipinski definition) is 16. The summed E-state index contributed by atoms with van der Waals surface area (Å²) in [6, 6.07) is 17.8. The van der Waals surface area contributed by atoms with Crippen LogP contribution in [-0.4, -0.2) is 163 Å². The number of primary amides is 1. The van der Waals surface area contributed by atoms with E-state index in [0.29, 0.717) is 58.7 Å². The van der Waals surface area contributed by atoms with Crippen molar-refractivity contribution < 1.29 is 67.5 Å². The molecule has 3 aromatic carbocycles. The van der Waals surface area contributed by atoms with Crippen LogP contribution in [0.1, 0.15) is 93.8 Å². The Labute approximate surface area is 489 Å². The molecule has 0 saturated carbocycles. The molecular formula is C60H82N8O14S. The molecule has 22 nitrogen and oxygen atoms in total.